The minimum atomic E-state index is -4.76. The lowest BCUT2D eigenvalue weighted by atomic mass is 10.1. The molecule has 134 valence electrons. The third kappa shape index (κ3) is 5.95. The van der Waals surface area contributed by atoms with Crippen LogP contribution in [-0.2, 0) is 19.1 Å². The molecule has 0 radical (unpaired) electrons. The third-order valence-electron chi connectivity index (χ3n) is 2.81. The first kappa shape index (κ1) is 19.6. The van der Waals surface area contributed by atoms with Crippen LogP contribution in [-0.4, -0.2) is 50.3 Å². The van der Waals surface area contributed by atoms with Crippen molar-refractivity contribution < 1.29 is 42.1 Å². The van der Waals surface area contributed by atoms with Crippen molar-refractivity contribution in [3.05, 3.63) is 24.3 Å². The van der Waals surface area contributed by atoms with Gasteiger partial charge in [0.2, 0.25) is 0 Å². The van der Waals surface area contributed by atoms with Crippen molar-refractivity contribution in [1.82, 2.24) is 0 Å². The second-order valence-electron chi connectivity index (χ2n) is 4.54. The monoisotopic (exact) mass is 351 g/mol. The molecule has 1 aromatic rings. The Hall–Kier alpha value is -2.49. The summed E-state index contributed by atoms with van der Waals surface area (Å²) < 4.78 is 49.6. The molecule has 1 rings (SSSR count). The number of aliphatic hydroxyl groups is 1. The molecular weight excluding hydrogens is 335 g/mol. The highest BCUT2D eigenvalue weighted by Crippen LogP contribution is 2.20. The Morgan fingerprint density at radius 2 is 1.75 bits per heavy atom. The zero-order valence-electron chi connectivity index (χ0n) is 12.8. The van der Waals surface area contributed by atoms with E-state index >= 15 is 0 Å². The van der Waals surface area contributed by atoms with Crippen LogP contribution in [0, 0.1) is 5.92 Å². The van der Waals surface area contributed by atoms with Gasteiger partial charge in [-0.2, -0.15) is 13.2 Å². The summed E-state index contributed by atoms with van der Waals surface area (Å²) in [6.07, 6.45) is -6.61. The first-order chi connectivity index (χ1) is 11.2. The Morgan fingerprint density at radius 3 is 2.21 bits per heavy atom. The number of carbonyl (C=O) groups is 2. The molecule has 7 nitrogen and oxygen atoms in total. The minimum absolute atomic E-state index is 0.292. The Morgan fingerprint density at radius 1 is 1.17 bits per heavy atom. The van der Waals surface area contributed by atoms with Gasteiger partial charge in [-0.3, -0.25) is 9.59 Å². The number of hydrogen-bond acceptors (Lipinski definition) is 7. The molecule has 0 aliphatic carbocycles. The van der Waals surface area contributed by atoms with Crippen molar-refractivity contribution in [2.24, 2.45) is 5.92 Å². The highest BCUT2D eigenvalue weighted by molar-refractivity contribution is 5.95. The third-order valence-corrected chi connectivity index (χ3v) is 2.81. The predicted octanol–water partition coefficient (Wildman–Crippen LogP) is 1.32. The van der Waals surface area contributed by atoms with E-state index in [1.165, 1.54) is 31.4 Å². The summed E-state index contributed by atoms with van der Waals surface area (Å²) in [5.41, 5.74) is 0.292. The summed E-state index contributed by atoms with van der Waals surface area (Å²) in [5, 5.41) is 12.4. The summed E-state index contributed by atoms with van der Waals surface area (Å²) in [4.78, 5) is 23.3. The second-order valence-corrected chi connectivity index (χ2v) is 4.54. The van der Waals surface area contributed by atoms with Crippen molar-refractivity contribution in [3.8, 4) is 5.75 Å². The lowest BCUT2D eigenvalue weighted by molar-refractivity contribution is -0.193. The molecule has 10 heteroatoms. The van der Waals surface area contributed by atoms with Gasteiger partial charge in [0, 0.05) is 5.69 Å². The fourth-order valence-corrected chi connectivity index (χ4v) is 1.67. The van der Waals surface area contributed by atoms with Gasteiger partial charge in [0.15, 0.2) is 12.5 Å². The smallest absolute Gasteiger partial charge is 0.422 e. The van der Waals surface area contributed by atoms with E-state index in [9.17, 15) is 27.9 Å². The summed E-state index contributed by atoms with van der Waals surface area (Å²) in [7, 11) is 2.37. The van der Waals surface area contributed by atoms with Gasteiger partial charge < -0.3 is 24.6 Å². The highest BCUT2D eigenvalue weighted by atomic mass is 19.4. The molecule has 0 bridgehead atoms. The SMILES string of the molecule is COC(=O)C(C(=O)OCC(F)(F)F)C(O)Nc1ccc(OC)cc1. The van der Waals surface area contributed by atoms with E-state index in [2.05, 4.69) is 14.8 Å². The average molecular weight is 351 g/mol. The number of nitrogens with one attached hydrogen (secondary N) is 1. The molecule has 2 N–H and O–H groups in total. The molecule has 0 heterocycles. The maximum atomic E-state index is 12.1. The van der Waals surface area contributed by atoms with Crippen LogP contribution >= 0.6 is 0 Å². The number of hydrogen-bond donors (Lipinski definition) is 2. The standard InChI is InChI=1S/C14H16F3NO6/c1-22-9-5-3-8(4-6-9)18-11(19)10(12(20)23-2)13(21)24-7-14(15,16)17/h3-6,10-11,18-19H,7H2,1-2H3. The van der Waals surface area contributed by atoms with Gasteiger partial charge in [0.05, 0.1) is 14.2 Å². The zero-order chi connectivity index (χ0) is 18.3. The van der Waals surface area contributed by atoms with Crippen LogP contribution in [0.1, 0.15) is 0 Å². The van der Waals surface area contributed by atoms with E-state index in [1.807, 2.05) is 0 Å². The van der Waals surface area contributed by atoms with Crippen molar-refractivity contribution in [2.45, 2.75) is 12.4 Å². The molecule has 0 saturated carbocycles. The van der Waals surface area contributed by atoms with E-state index < -0.39 is 36.9 Å². The number of methoxy groups -OCH3 is 2. The molecule has 0 aromatic heterocycles. The van der Waals surface area contributed by atoms with Crippen LogP contribution in [0.3, 0.4) is 0 Å². The van der Waals surface area contributed by atoms with Gasteiger partial charge in [0.25, 0.3) is 0 Å². The maximum Gasteiger partial charge on any atom is 0.422 e. The van der Waals surface area contributed by atoms with Gasteiger partial charge in [-0.1, -0.05) is 0 Å². The number of anilines is 1. The number of esters is 2. The van der Waals surface area contributed by atoms with E-state index in [0.29, 0.717) is 11.4 Å². The average Bonchev–Trinajstić information content (AvgIpc) is 2.53. The fourth-order valence-electron chi connectivity index (χ4n) is 1.67. The molecule has 0 aliphatic heterocycles. The summed E-state index contributed by atoms with van der Waals surface area (Å²) in [5.74, 6) is -4.27. The molecule has 0 amide bonds. The molecule has 2 unspecified atom stereocenters. The summed E-state index contributed by atoms with van der Waals surface area (Å²) in [6.45, 7) is -1.88. The predicted molar refractivity (Wildman–Crippen MR) is 75.1 cm³/mol. The molecule has 0 fully saturated rings. The van der Waals surface area contributed by atoms with Gasteiger partial charge in [-0.15, -0.1) is 0 Å². The number of alkyl halides is 3. The fraction of sp³-hybridized carbons (Fsp3) is 0.429. The highest BCUT2D eigenvalue weighted by Gasteiger charge is 2.39. The summed E-state index contributed by atoms with van der Waals surface area (Å²) in [6, 6.07) is 6.00. The molecule has 24 heavy (non-hydrogen) atoms. The van der Waals surface area contributed by atoms with E-state index in [4.69, 9.17) is 4.74 Å². The Bertz CT molecular complexity index is 561. The van der Waals surface area contributed by atoms with Crippen LogP contribution in [0.15, 0.2) is 24.3 Å². The van der Waals surface area contributed by atoms with Crippen LogP contribution in [0.2, 0.25) is 0 Å². The Labute approximate surface area is 135 Å². The molecule has 1 aromatic carbocycles. The number of carbonyl (C=O) groups excluding carboxylic acids is 2. The van der Waals surface area contributed by atoms with E-state index in [-0.39, 0.29) is 0 Å². The number of benzene rings is 1. The summed E-state index contributed by atoms with van der Waals surface area (Å²) >= 11 is 0. The number of aliphatic hydroxyl groups excluding tert-OH is 1. The largest absolute Gasteiger partial charge is 0.497 e. The van der Waals surface area contributed by atoms with Crippen molar-refractivity contribution >= 4 is 17.6 Å². The maximum absolute atomic E-state index is 12.1. The second kappa shape index (κ2) is 8.39. The number of rotatable bonds is 7. The topological polar surface area (TPSA) is 94.1 Å². The quantitative estimate of drug-likeness (QED) is 0.435. The molecule has 0 saturated heterocycles. The van der Waals surface area contributed by atoms with E-state index in [1.54, 1.807) is 0 Å². The first-order valence-electron chi connectivity index (χ1n) is 6.58. The first-order valence-corrected chi connectivity index (χ1v) is 6.58. The Balaban J connectivity index is 2.82. The van der Waals surface area contributed by atoms with Crippen molar-refractivity contribution in [3.63, 3.8) is 0 Å². The van der Waals surface area contributed by atoms with Crippen molar-refractivity contribution in [2.75, 3.05) is 26.1 Å². The molecule has 0 spiro atoms. The molecule has 2 atom stereocenters. The molecule has 0 aliphatic rings. The number of halogens is 3. The lowest BCUT2D eigenvalue weighted by Crippen LogP contribution is -2.42. The normalized spacial score (nSPS) is 13.6. The molecular formula is C14H16F3NO6. The minimum Gasteiger partial charge on any atom is -0.497 e. The number of ether oxygens (including phenoxy) is 3. The van der Waals surface area contributed by atoms with Crippen molar-refractivity contribution in [1.29, 1.82) is 0 Å². The van der Waals surface area contributed by atoms with Gasteiger partial charge in [-0.25, -0.2) is 0 Å². The van der Waals surface area contributed by atoms with Crippen LogP contribution in [0.4, 0.5) is 18.9 Å². The van der Waals surface area contributed by atoms with Gasteiger partial charge in [-0.05, 0) is 24.3 Å². The van der Waals surface area contributed by atoms with Crippen LogP contribution < -0.4 is 10.1 Å². The lowest BCUT2D eigenvalue weighted by Gasteiger charge is -2.21. The Kier molecular flexibility index (Phi) is 6.83. The van der Waals surface area contributed by atoms with Gasteiger partial charge in [0.1, 0.15) is 12.0 Å². The zero-order valence-corrected chi connectivity index (χ0v) is 12.8. The van der Waals surface area contributed by atoms with Crippen LogP contribution in [0.25, 0.3) is 0 Å². The van der Waals surface area contributed by atoms with Gasteiger partial charge >= 0.3 is 18.1 Å². The van der Waals surface area contributed by atoms with E-state index in [0.717, 1.165) is 7.11 Å². The van der Waals surface area contributed by atoms with Crippen LogP contribution in [0.5, 0.6) is 5.75 Å².